The lowest BCUT2D eigenvalue weighted by molar-refractivity contribution is 0.0587. The molecule has 3 saturated carbocycles. The number of alkyl halides is 1. The second-order valence-corrected chi connectivity index (χ2v) is 4.86. The molecule has 12 heavy (non-hydrogen) atoms. The molecule has 0 amide bonds. The highest BCUT2D eigenvalue weighted by molar-refractivity contribution is 4.96. The topological polar surface area (TPSA) is 0 Å². The summed E-state index contributed by atoms with van der Waals surface area (Å²) in [5.74, 6) is 0. The van der Waals surface area contributed by atoms with E-state index in [0.717, 1.165) is 38.5 Å². The van der Waals surface area contributed by atoms with Crippen LogP contribution in [0.25, 0.3) is 0 Å². The van der Waals surface area contributed by atoms with Crippen molar-refractivity contribution < 1.29 is 4.39 Å². The van der Waals surface area contributed by atoms with Gasteiger partial charge in [-0.05, 0) is 50.4 Å². The van der Waals surface area contributed by atoms with Gasteiger partial charge in [-0.25, -0.2) is 4.39 Å². The zero-order chi connectivity index (χ0) is 8.66. The third-order valence-electron chi connectivity index (χ3n) is 4.29. The molecule has 0 spiro atoms. The van der Waals surface area contributed by atoms with Gasteiger partial charge in [0.2, 0.25) is 0 Å². The Hall–Kier alpha value is -0.0700. The van der Waals surface area contributed by atoms with Crippen LogP contribution in [-0.4, -0.2) is 5.67 Å². The van der Waals surface area contributed by atoms with Gasteiger partial charge >= 0.3 is 0 Å². The molecule has 3 rings (SSSR count). The first-order valence-electron chi connectivity index (χ1n) is 5.37. The Kier molecular flexibility index (Phi) is 1.93. The smallest absolute Gasteiger partial charge is 0.111 e. The minimum absolute atomic E-state index is 0.548. The van der Waals surface area contributed by atoms with Crippen LogP contribution >= 0.6 is 0 Å². The fourth-order valence-corrected chi connectivity index (χ4v) is 3.04. The summed E-state index contributed by atoms with van der Waals surface area (Å²) in [6.07, 6.45) is 8.53. The molecule has 0 saturated heterocycles. The third kappa shape index (κ3) is 1.27. The highest BCUT2D eigenvalue weighted by atomic mass is 19.1. The summed E-state index contributed by atoms with van der Waals surface area (Å²) >= 11 is 0. The lowest BCUT2D eigenvalue weighted by atomic mass is 9.69. The van der Waals surface area contributed by atoms with Gasteiger partial charge in [0.15, 0.2) is 0 Å². The van der Waals surface area contributed by atoms with Gasteiger partial charge in [-0.15, -0.1) is 0 Å². The molecule has 0 aromatic heterocycles. The van der Waals surface area contributed by atoms with Crippen molar-refractivity contribution in [1.29, 1.82) is 0 Å². The first-order valence-corrected chi connectivity index (χ1v) is 5.37. The molecule has 70 valence electrons. The van der Waals surface area contributed by atoms with Crippen LogP contribution in [-0.2, 0) is 0 Å². The maximum atomic E-state index is 13.9. The van der Waals surface area contributed by atoms with Crippen molar-refractivity contribution in [3.8, 4) is 0 Å². The summed E-state index contributed by atoms with van der Waals surface area (Å²) in [7, 11) is 0. The standard InChI is InChI=1S/C11H19F/c1-2-10-4-3-5-11(12,8-6-10)9-7-10/h2-9H2,1H3. The van der Waals surface area contributed by atoms with Crippen LogP contribution in [0.2, 0.25) is 0 Å². The summed E-state index contributed by atoms with van der Waals surface area (Å²) in [6, 6.07) is 0. The molecular formula is C11H19F. The van der Waals surface area contributed by atoms with Crippen molar-refractivity contribution in [2.24, 2.45) is 5.41 Å². The first-order chi connectivity index (χ1) is 5.68. The molecule has 0 aliphatic heterocycles. The number of halogens is 1. The molecule has 3 aliphatic rings. The molecule has 0 radical (unpaired) electrons. The van der Waals surface area contributed by atoms with Crippen molar-refractivity contribution >= 4 is 0 Å². The molecule has 0 unspecified atom stereocenters. The van der Waals surface area contributed by atoms with Gasteiger partial charge in [0.05, 0.1) is 0 Å². The summed E-state index contributed by atoms with van der Waals surface area (Å²) < 4.78 is 13.9. The lowest BCUT2D eigenvalue weighted by Gasteiger charge is -2.38. The number of hydrogen-bond donors (Lipinski definition) is 0. The first kappa shape index (κ1) is 8.52. The number of fused-ring (bicyclic) bond motifs is 4. The minimum Gasteiger partial charge on any atom is -0.244 e. The van der Waals surface area contributed by atoms with Gasteiger partial charge in [-0.3, -0.25) is 0 Å². The van der Waals surface area contributed by atoms with E-state index in [1.165, 1.54) is 12.8 Å². The van der Waals surface area contributed by atoms with E-state index in [4.69, 9.17) is 0 Å². The molecule has 2 bridgehead atoms. The van der Waals surface area contributed by atoms with Crippen LogP contribution < -0.4 is 0 Å². The largest absolute Gasteiger partial charge is 0.244 e. The van der Waals surface area contributed by atoms with Gasteiger partial charge in [-0.1, -0.05) is 13.3 Å². The fourth-order valence-electron chi connectivity index (χ4n) is 3.04. The Morgan fingerprint density at radius 2 is 1.67 bits per heavy atom. The van der Waals surface area contributed by atoms with Crippen LogP contribution in [0.5, 0.6) is 0 Å². The molecule has 0 heterocycles. The summed E-state index contributed by atoms with van der Waals surface area (Å²) in [5.41, 5.74) is -0.207. The quantitative estimate of drug-likeness (QED) is 0.560. The Morgan fingerprint density at radius 3 is 2.25 bits per heavy atom. The van der Waals surface area contributed by atoms with Gasteiger partial charge < -0.3 is 0 Å². The van der Waals surface area contributed by atoms with E-state index in [1.54, 1.807) is 0 Å². The van der Waals surface area contributed by atoms with Gasteiger partial charge in [0.25, 0.3) is 0 Å². The molecule has 0 nitrogen and oxygen atoms in total. The van der Waals surface area contributed by atoms with Crippen LogP contribution in [0, 0.1) is 5.41 Å². The maximum Gasteiger partial charge on any atom is 0.111 e. The Balaban J connectivity index is 2.15. The van der Waals surface area contributed by atoms with Crippen molar-refractivity contribution in [3.63, 3.8) is 0 Å². The second-order valence-electron chi connectivity index (χ2n) is 4.86. The molecule has 3 aliphatic carbocycles. The summed E-state index contributed by atoms with van der Waals surface area (Å²) in [4.78, 5) is 0. The summed E-state index contributed by atoms with van der Waals surface area (Å²) in [6.45, 7) is 2.27. The molecule has 0 aromatic carbocycles. The van der Waals surface area contributed by atoms with E-state index >= 15 is 0 Å². The van der Waals surface area contributed by atoms with Crippen LogP contribution in [0.1, 0.15) is 58.3 Å². The van der Waals surface area contributed by atoms with Crippen molar-refractivity contribution in [1.82, 2.24) is 0 Å². The zero-order valence-electron chi connectivity index (χ0n) is 8.03. The Morgan fingerprint density at radius 1 is 1.00 bits per heavy atom. The average molecular weight is 170 g/mol. The highest BCUT2D eigenvalue weighted by Gasteiger charge is 2.44. The number of hydrogen-bond acceptors (Lipinski definition) is 0. The summed E-state index contributed by atoms with van der Waals surface area (Å²) in [5, 5.41) is 0. The van der Waals surface area contributed by atoms with E-state index in [-0.39, 0.29) is 0 Å². The van der Waals surface area contributed by atoms with E-state index in [1.807, 2.05) is 0 Å². The van der Waals surface area contributed by atoms with Crippen molar-refractivity contribution in [3.05, 3.63) is 0 Å². The van der Waals surface area contributed by atoms with Crippen molar-refractivity contribution in [2.45, 2.75) is 64.0 Å². The van der Waals surface area contributed by atoms with E-state index in [2.05, 4.69) is 6.92 Å². The molecule has 3 fully saturated rings. The van der Waals surface area contributed by atoms with E-state index < -0.39 is 5.67 Å². The number of rotatable bonds is 1. The molecule has 0 N–H and O–H groups in total. The van der Waals surface area contributed by atoms with Crippen LogP contribution in [0.3, 0.4) is 0 Å². The predicted octanol–water partition coefficient (Wildman–Crippen LogP) is 3.85. The lowest BCUT2D eigenvalue weighted by Crippen LogP contribution is -2.31. The minimum atomic E-state index is -0.755. The Labute approximate surface area is 74.5 Å². The van der Waals surface area contributed by atoms with Gasteiger partial charge in [-0.2, -0.15) is 0 Å². The highest BCUT2D eigenvalue weighted by Crippen LogP contribution is 2.52. The van der Waals surface area contributed by atoms with Crippen LogP contribution in [0.15, 0.2) is 0 Å². The predicted molar refractivity (Wildman–Crippen MR) is 48.9 cm³/mol. The van der Waals surface area contributed by atoms with Gasteiger partial charge in [0, 0.05) is 0 Å². The SMILES string of the molecule is CCC12CCCC(F)(CC1)CC2. The van der Waals surface area contributed by atoms with E-state index in [0.29, 0.717) is 5.41 Å². The third-order valence-corrected chi connectivity index (χ3v) is 4.29. The normalized spacial score (nSPS) is 47.5. The maximum absolute atomic E-state index is 13.9. The van der Waals surface area contributed by atoms with Gasteiger partial charge in [0.1, 0.15) is 5.67 Å². The molecular weight excluding hydrogens is 151 g/mol. The molecule has 0 atom stereocenters. The fraction of sp³-hybridized carbons (Fsp3) is 1.00. The monoisotopic (exact) mass is 170 g/mol. The average Bonchev–Trinajstić information content (AvgIpc) is 2.34. The zero-order valence-corrected chi connectivity index (χ0v) is 8.03. The Bertz CT molecular complexity index is 166. The van der Waals surface area contributed by atoms with Crippen molar-refractivity contribution in [2.75, 3.05) is 0 Å². The molecule has 1 heteroatoms. The van der Waals surface area contributed by atoms with E-state index in [9.17, 15) is 4.39 Å². The van der Waals surface area contributed by atoms with Crippen LogP contribution in [0.4, 0.5) is 4.39 Å². The molecule has 0 aromatic rings. The second kappa shape index (κ2) is 2.71.